The number of nitrogens with zero attached hydrogens (tertiary/aromatic N) is 1. The summed E-state index contributed by atoms with van der Waals surface area (Å²) in [5.41, 5.74) is 0. The smallest absolute Gasteiger partial charge is 0.319 e. The van der Waals surface area contributed by atoms with Gasteiger partial charge in [0.05, 0.1) is 13.2 Å². The average Bonchev–Trinajstić information content (AvgIpc) is 1.85. The van der Waals surface area contributed by atoms with Gasteiger partial charge in [-0.05, 0) is 7.05 Å². The third-order valence-electron chi connectivity index (χ3n) is 1.28. The minimum absolute atomic E-state index is 0.0394. The van der Waals surface area contributed by atoms with E-state index in [2.05, 4.69) is 0 Å². The Hall–Kier alpha value is -0.360. The maximum Gasteiger partial charge on any atom is 0.319 e. The first kappa shape index (κ1) is 11.6. The lowest BCUT2D eigenvalue weighted by molar-refractivity contribution is -0.140. The van der Waals surface area contributed by atoms with E-state index < -0.39 is 18.9 Å². The Morgan fingerprint density at radius 1 is 1.42 bits per heavy atom. The molecule has 0 heterocycles. The van der Waals surface area contributed by atoms with Gasteiger partial charge in [-0.2, -0.15) is 8.78 Å². The van der Waals surface area contributed by atoms with E-state index in [1.807, 2.05) is 0 Å². The van der Waals surface area contributed by atoms with Crippen molar-refractivity contribution in [1.29, 1.82) is 0 Å². The second kappa shape index (κ2) is 4.61. The second-order valence-corrected chi connectivity index (χ2v) is 2.52. The fraction of sp³-hybridized carbons (Fsp3) is 1.00. The standard InChI is InChI=1S/C6H11F4NO/c1-11(2-3-12)4-6(9,10)5(7)8/h5,12H,2-4H2,1H3. The summed E-state index contributed by atoms with van der Waals surface area (Å²) in [6.07, 6.45) is -3.65. The molecule has 0 saturated heterocycles. The lowest BCUT2D eigenvalue weighted by Gasteiger charge is -2.22. The third kappa shape index (κ3) is 3.87. The first-order valence-corrected chi connectivity index (χ1v) is 3.35. The summed E-state index contributed by atoms with van der Waals surface area (Å²) in [5, 5.41) is 8.30. The van der Waals surface area contributed by atoms with Crippen LogP contribution >= 0.6 is 0 Å². The molecule has 6 heteroatoms. The molecule has 1 N–H and O–H groups in total. The second-order valence-electron chi connectivity index (χ2n) is 2.52. The maximum absolute atomic E-state index is 12.2. The molecule has 0 aromatic carbocycles. The van der Waals surface area contributed by atoms with Gasteiger partial charge in [-0.3, -0.25) is 4.90 Å². The van der Waals surface area contributed by atoms with Crippen LogP contribution in [0.1, 0.15) is 0 Å². The predicted octanol–water partition coefficient (Wildman–Crippen LogP) is 0.811. The fourth-order valence-corrected chi connectivity index (χ4v) is 0.679. The van der Waals surface area contributed by atoms with E-state index >= 15 is 0 Å². The monoisotopic (exact) mass is 189 g/mol. The first-order chi connectivity index (χ1) is 5.40. The summed E-state index contributed by atoms with van der Waals surface area (Å²) >= 11 is 0. The minimum atomic E-state index is -4.00. The van der Waals surface area contributed by atoms with Crippen molar-refractivity contribution in [2.24, 2.45) is 0 Å². The number of halogens is 4. The molecule has 0 aliphatic carbocycles. The van der Waals surface area contributed by atoms with Crippen LogP contribution < -0.4 is 0 Å². The van der Waals surface area contributed by atoms with E-state index in [9.17, 15) is 17.6 Å². The topological polar surface area (TPSA) is 23.5 Å². The molecule has 0 rings (SSSR count). The summed E-state index contributed by atoms with van der Waals surface area (Å²) in [4.78, 5) is 0.951. The normalized spacial score (nSPS) is 13.0. The van der Waals surface area contributed by atoms with Crippen molar-refractivity contribution >= 4 is 0 Å². The molecule has 12 heavy (non-hydrogen) atoms. The molecule has 0 atom stereocenters. The summed E-state index contributed by atoms with van der Waals surface area (Å²) in [6.45, 7) is -1.40. The van der Waals surface area contributed by atoms with Crippen LogP contribution in [0.25, 0.3) is 0 Å². The highest BCUT2D eigenvalue weighted by Gasteiger charge is 2.41. The Morgan fingerprint density at radius 2 is 1.92 bits per heavy atom. The number of aliphatic hydroxyl groups excluding tert-OH is 1. The van der Waals surface area contributed by atoms with Gasteiger partial charge >= 0.3 is 12.3 Å². The van der Waals surface area contributed by atoms with E-state index in [0.29, 0.717) is 0 Å². The number of hydrogen-bond acceptors (Lipinski definition) is 2. The van der Waals surface area contributed by atoms with Crippen LogP contribution in [0.3, 0.4) is 0 Å². The van der Waals surface area contributed by atoms with Crippen LogP contribution in [-0.2, 0) is 0 Å². The molecule has 0 radical (unpaired) electrons. The van der Waals surface area contributed by atoms with Crippen LogP contribution in [0.2, 0.25) is 0 Å². The zero-order valence-electron chi connectivity index (χ0n) is 6.60. The molecule has 0 amide bonds. The molecule has 0 bridgehead atoms. The summed E-state index contributed by atoms with van der Waals surface area (Å²) in [5.74, 6) is -4.00. The van der Waals surface area contributed by atoms with E-state index in [4.69, 9.17) is 5.11 Å². The summed E-state index contributed by atoms with van der Waals surface area (Å²) in [7, 11) is 1.24. The molecule has 0 aromatic rings. The van der Waals surface area contributed by atoms with Crippen molar-refractivity contribution in [1.82, 2.24) is 4.90 Å². The van der Waals surface area contributed by atoms with Gasteiger partial charge in [0.15, 0.2) is 0 Å². The van der Waals surface area contributed by atoms with Crippen LogP contribution in [0.4, 0.5) is 17.6 Å². The predicted molar refractivity (Wildman–Crippen MR) is 35.5 cm³/mol. The molecule has 0 spiro atoms. The number of likely N-dealkylation sites (N-methyl/N-ethyl adjacent to an activating group) is 1. The van der Waals surface area contributed by atoms with Crippen molar-refractivity contribution < 1.29 is 22.7 Å². The third-order valence-corrected chi connectivity index (χ3v) is 1.28. The summed E-state index contributed by atoms with van der Waals surface area (Å²) in [6, 6.07) is 0. The van der Waals surface area contributed by atoms with Crippen molar-refractivity contribution in [3.63, 3.8) is 0 Å². The molecule has 0 unspecified atom stereocenters. The van der Waals surface area contributed by atoms with Crippen LogP contribution in [0, 0.1) is 0 Å². The van der Waals surface area contributed by atoms with Crippen LogP contribution in [0.5, 0.6) is 0 Å². The zero-order chi connectivity index (χ0) is 9.78. The lowest BCUT2D eigenvalue weighted by atomic mass is 10.3. The lowest BCUT2D eigenvalue weighted by Crippen LogP contribution is -2.40. The molecule has 0 aliphatic heterocycles. The minimum Gasteiger partial charge on any atom is -0.395 e. The summed E-state index contributed by atoms with van der Waals surface area (Å²) < 4.78 is 47.6. The van der Waals surface area contributed by atoms with Crippen molar-refractivity contribution in [3.05, 3.63) is 0 Å². The molecule has 2 nitrogen and oxygen atoms in total. The van der Waals surface area contributed by atoms with Crippen molar-refractivity contribution in [2.45, 2.75) is 12.3 Å². The Balaban J connectivity index is 3.88. The van der Waals surface area contributed by atoms with E-state index in [1.165, 1.54) is 7.05 Å². The molecular weight excluding hydrogens is 178 g/mol. The van der Waals surface area contributed by atoms with Gasteiger partial charge in [-0.25, -0.2) is 8.78 Å². The number of alkyl halides is 4. The molecule has 0 aliphatic rings. The van der Waals surface area contributed by atoms with Crippen LogP contribution in [0.15, 0.2) is 0 Å². The largest absolute Gasteiger partial charge is 0.395 e. The van der Waals surface area contributed by atoms with Gasteiger partial charge in [0.2, 0.25) is 0 Å². The van der Waals surface area contributed by atoms with E-state index in [1.54, 1.807) is 0 Å². The van der Waals surface area contributed by atoms with Crippen molar-refractivity contribution in [3.8, 4) is 0 Å². The average molecular weight is 189 g/mol. The fourth-order valence-electron chi connectivity index (χ4n) is 0.679. The highest BCUT2D eigenvalue weighted by atomic mass is 19.3. The highest BCUT2D eigenvalue weighted by molar-refractivity contribution is 4.72. The van der Waals surface area contributed by atoms with Gasteiger partial charge in [0, 0.05) is 6.54 Å². The molecule has 0 saturated carbocycles. The number of rotatable bonds is 5. The van der Waals surface area contributed by atoms with E-state index in [-0.39, 0.29) is 13.2 Å². The molecule has 74 valence electrons. The molecular formula is C6H11F4NO. The van der Waals surface area contributed by atoms with E-state index in [0.717, 1.165) is 4.90 Å². The van der Waals surface area contributed by atoms with Gasteiger partial charge in [-0.1, -0.05) is 0 Å². The Morgan fingerprint density at radius 3 is 2.25 bits per heavy atom. The first-order valence-electron chi connectivity index (χ1n) is 3.35. The number of hydrogen-bond donors (Lipinski definition) is 1. The Bertz CT molecular complexity index is 131. The Kier molecular flexibility index (Phi) is 4.47. The zero-order valence-corrected chi connectivity index (χ0v) is 6.60. The van der Waals surface area contributed by atoms with Crippen LogP contribution in [-0.4, -0.2) is 49.1 Å². The van der Waals surface area contributed by atoms with Gasteiger partial charge in [0.25, 0.3) is 0 Å². The van der Waals surface area contributed by atoms with Gasteiger partial charge < -0.3 is 5.11 Å². The number of aliphatic hydroxyl groups is 1. The quantitative estimate of drug-likeness (QED) is 0.647. The Labute approximate surface area is 67.8 Å². The molecule has 0 aromatic heterocycles. The van der Waals surface area contributed by atoms with Gasteiger partial charge in [-0.15, -0.1) is 0 Å². The highest BCUT2D eigenvalue weighted by Crippen LogP contribution is 2.23. The SMILES string of the molecule is CN(CCO)CC(F)(F)C(F)F. The van der Waals surface area contributed by atoms with Gasteiger partial charge in [0.1, 0.15) is 0 Å². The maximum atomic E-state index is 12.2. The van der Waals surface area contributed by atoms with Crippen molar-refractivity contribution in [2.75, 3.05) is 26.7 Å². The molecule has 0 fully saturated rings.